The molecule has 17 heavy (non-hydrogen) atoms. The summed E-state index contributed by atoms with van der Waals surface area (Å²) < 4.78 is 0. The number of aryl methyl sites for hydroxylation is 1. The number of rotatable bonds is 4. The normalized spacial score (nSPS) is 11.0. The van der Waals surface area contributed by atoms with Crippen LogP contribution in [0.4, 0.5) is 5.82 Å². The van der Waals surface area contributed by atoms with Gasteiger partial charge in [-0.2, -0.15) is 0 Å². The monoisotopic (exact) mass is 236 g/mol. The highest BCUT2D eigenvalue weighted by Crippen LogP contribution is 2.21. The minimum absolute atomic E-state index is 0.0854. The summed E-state index contributed by atoms with van der Waals surface area (Å²) in [5.74, 6) is -0.906. The molecule has 0 aliphatic heterocycles. The summed E-state index contributed by atoms with van der Waals surface area (Å²) >= 11 is 0. The highest BCUT2D eigenvalue weighted by atomic mass is 16.4. The Labute approximate surface area is 99.9 Å². The maximum absolute atomic E-state index is 11.6. The molecule has 0 bridgehead atoms. The molecule has 0 atom stereocenters. The Kier molecular flexibility index (Phi) is 3.83. The molecule has 1 heterocycles. The predicted octanol–water partition coefficient (Wildman–Crippen LogP) is 1.83. The van der Waals surface area contributed by atoms with Crippen LogP contribution in [0.1, 0.15) is 26.0 Å². The van der Waals surface area contributed by atoms with Crippen LogP contribution in [-0.2, 0) is 9.59 Å². The number of hydrogen-bond acceptors (Lipinski definition) is 3. The number of carboxylic acid groups (broad SMARTS) is 1. The minimum atomic E-state index is -1.08. The van der Waals surface area contributed by atoms with Crippen molar-refractivity contribution in [3.63, 3.8) is 0 Å². The third-order valence-electron chi connectivity index (χ3n) is 2.34. The smallest absolute Gasteiger partial charge is 0.309 e. The second-order valence-corrected chi connectivity index (χ2v) is 4.58. The van der Waals surface area contributed by atoms with E-state index < -0.39 is 11.4 Å². The molecule has 1 aromatic heterocycles. The topological polar surface area (TPSA) is 79.3 Å². The highest BCUT2D eigenvalue weighted by molar-refractivity contribution is 5.93. The molecule has 92 valence electrons. The fourth-order valence-electron chi connectivity index (χ4n) is 1.28. The molecule has 0 spiro atoms. The molecule has 0 aliphatic carbocycles. The van der Waals surface area contributed by atoms with Crippen LogP contribution in [0, 0.1) is 12.3 Å². The van der Waals surface area contributed by atoms with Crippen LogP contribution in [0.15, 0.2) is 18.2 Å². The van der Waals surface area contributed by atoms with E-state index in [2.05, 4.69) is 10.3 Å². The van der Waals surface area contributed by atoms with E-state index in [1.54, 1.807) is 12.1 Å². The molecule has 1 aromatic rings. The first-order valence-corrected chi connectivity index (χ1v) is 5.28. The van der Waals surface area contributed by atoms with Crippen LogP contribution < -0.4 is 5.32 Å². The molecule has 0 aliphatic rings. The van der Waals surface area contributed by atoms with Gasteiger partial charge in [-0.3, -0.25) is 9.59 Å². The summed E-state index contributed by atoms with van der Waals surface area (Å²) in [6.07, 6.45) is -0.0854. The number of amides is 1. The number of nitrogens with one attached hydrogen (secondary N) is 1. The van der Waals surface area contributed by atoms with Crippen molar-refractivity contribution in [3.8, 4) is 0 Å². The summed E-state index contributed by atoms with van der Waals surface area (Å²) in [5.41, 5.74) is -0.284. The lowest BCUT2D eigenvalue weighted by Gasteiger charge is -2.17. The Morgan fingerprint density at radius 3 is 2.59 bits per heavy atom. The third-order valence-corrected chi connectivity index (χ3v) is 2.34. The van der Waals surface area contributed by atoms with Crippen LogP contribution in [0.2, 0.25) is 0 Å². The quantitative estimate of drug-likeness (QED) is 0.835. The first-order valence-electron chi connectivity index (χ1n) is 5.28. The number of nitrogens with zero attached hydrogens (tertiary/aromatic N) is 1. The summed E-state index contributed by atoms with van der Waals surface area (Å²) in [5, 5.41) is 11.5. The fraction of sp³-hybridized carbons (Fsp3) is 0.417. The molecule has 1 amide bonds. The van der Waals surface area contributed by atoms with Crippen molar-refractivity contribution in [3.05, 3.63) is 23.9 Å². The first-order chi connectivity index (χ1) is 7.81. The summed E-state index contributed by atoms with van der Waals surface area (Å²) in [4.78, 5) is 26.6. The van der Waals surface area contributed by atoms with Gasteiger partial charge in [-0.25, -0.2) is 4.98 Å². The summed E-state index contributed by atoms with van der Waals surface area (Å²) in [6.45, 7) is 4.84. The van der Waals surface area contributed by atoms with E-state index in [9.17, 15) is 9.59 Å². The number of carbonyl (C=O) groups excluding carboxylic acids is 1. The van der Waals surface area contributed by atoms with E-state index in [4.69, 9.17) is 5.11 Å². The summed E-state index contributed by atoms with van der Waals surface area (Å²) in [7, 11) is 0. The van der Waals surface area contributed by atoms with Crippen LogP contribution in [0.25, 0.3) is 0 Å². The van der Waals surface area contributed by atoms with Crippen molar-refractivity contribution in [2.75, 3.05) is 5.32 Å². The van der Waals surface area contributed by atoms with E-state index in [1.165, 1.54) is 13.8 Å². The second-order valence-electron chi connectivity index (χ2n) is 4.58. The molecule has 5 heteroatoms. The Balaban J connectivity index is 2.65. The maximum atomic E-state index is 11.6. The van der Waals surface area contributed by atoms with Crippen LogP contribution in [0.3, 0.4) is 0 Å². The Hall–Kier alpha value is -1.91. The van der Waals surface area contributed by atoms with Gasteiger partial charge in [0.1, 0.15) is 5.82 Å². The van der Waals surface area contributed by atoms with E-state index in [1.807, 2.05) is 13.0 Å². The zero-order valence-corrected chi connectivity index (χ0v) is 10.2. The van der Waals surface area contributed by atoms with Gasteiger partial charge in [-0.1, -0.05) is 6.07 Å². The number of carboxylic acids is 1. The van der Waals surface area contributed by atoms with Crippen LogP contribution >= 0.6 is 0 Å². The Morgan fingerprint density at radius 2 is 2.06 bits per heavy atom. The van der Waals surface area contributed by atoms with Gasteiger partial charge >= 0.3 is 5.97 Å². The lowest BCUT2D eigenvalue weighted by molar-refractivity contribution is -0.148. The van der Waals surface area contributed by atoms with Crippen molar-refractivity contribution in [2.45, 2.75) is 27.2 Å². The van der Waals surface area contributed by atoms with Gasteiger partial charge < -0.3 is 10.4 Å². The molecular formula is C12H16N2O3. The average Bonchev–Trinajstić information content (AvgIpc) is 2.15. The van der Waals surface area contributed by atoms with Gasteiger partial charge in [0, 0.05) is 12.1 Å². The highest BCUT2D eigenvalue weighted by Gasteiger charge is 2.30. The van der Waals surface area contributed by atoms with Gasteiger partial charge in [-0.05, 0) is 32.9 Å². The molecule has 0 radical (unpaired) electrons. The molecule has 0 saturated heterocycles. The van der Waals surface area contributed by atoms with Crippen LogP contribution in [0.5, 0.6) is 0 Å². The maximum Gasteiger partial charge on any atom is 0.309 e. The summed E-state index contributed by atoms with van der Waals surface area (Å²) in [6, 6.07) is 5.26. The van der Waals surface area contributed by atoms with Gasteiger partial charge in [-0.15, -0.1) is 0 Å². The lowest BCUT2D eigenvalue weighted by atomic mass is 9.89. The largest absolute Gasteiger partial charge is 0.481 e. The van der Waals surface area contributed by atoms with Gasteiger partial charge in [0.25, 0.3) is 0 Å². The minimum Gasteiger partial charge on any atom is -0.481 e. The van der Waals surface area contributed by atoms with Crippen molar-refractivity contribution < 1.29 is 14.7 Å². The molecule has 0 saturated carbocycles. The molecule has 2 N–H and O–H groups in total. The molecule has 0 unspecified atom stereocenters. The SMILES string of the molecule is Cc1cccc(NC(=O)CC(C)(C)C(=O)O)n1. The van der Waals surface area contributed by atoms with Crippen molar-refractivity contribution in [1.82, 2.24) is 4.98 Å². The molecular weight excluding hydrogens is 220 g/mol. The first kappa shape index (κ1) is 13.2. The zero-order valence-electron chi connectivity index (χ0n) is 10.2. The van der Waals surface area contributed by atoms with Gasteiger partial charge in [0.2, 0.25) is 5.91 Å². The third kappa shape index (κ3) is 3.86. The van der Waals surface area contributed by atoms with E-state index in [0.717, 1.165) is 5.69 Å². The van der Waals surface area contributed by atoms with Gasteiger partial charge in [0.15, 0.2) is 0 Å². The zero-order chi connectivity index (χ0) is 13.1. The van der Waals surface area contributed by atoms with Crippen LogP contribution in [-0.4, -0.2) is 22.0 Å². The lowest BCUT2D eigenvalue weighted by Crippen LogP contribution is -2.29. The number of aromatic nitrogens is 1. The second kappa shape index (κ2) is 4.95. The fourth-order valence-corrected chi connectivity index (χ4v) is 1.28. The predicted molar refractivity (Wildman–Crippen MR) is 63.6 cm³/mol. The van der Waals surface area contributed by atoms with Crippen molar-refractivity contribution in [1.29, 1.82) is 0 Å². The van der Waals surface area contributed by atoms with E-state index >= 15 is 0 Å². The van der Waals surface area contributed by atoms with Gasteiger partial charge in [0.05, 0.1) is 5.41 Å². The molecule has 5 nitrogen and oxygen atoms in total. The Morgan fingerprint density at radius 1 is 1.41 bits per heavy atom. The van der Waals surface area contributed by atoms with E-state index in [-0.39, 0.29) is 12.3 Å². The molecule has 1 rings (SSSR count). The molecule has 0 aromatic carbocycles. The number of aliphatic carboxylic acids is 1. The number of carbonyl (C=O) groups is 2. The van der Waals surface area contributed by atoms with Crippen molar-refractivity contribution >= 4 is 17.7 Å². The number of anilines is 1. The number of hydrogen-bond donors (Lipinski definition) is 2. The molecule has 0 fully saturated rings. The Bertz CT molecular complexity index is 441. The standard InChI is InChI=1S/C12H16N2O3/c1-8-5-4-6-9(13-8)14-10(15)7-12(2,3)11(16)17/h4-6H,7H2,1-3H3,(H,16,17)(H,13,14,15). The van der Waals surface area contributed by atoms with Crippen molar-refractivity contribution in [2.24, 2.45) is 5.41 Å². The average molecular weight is 236 g/mol. The number of pyridine rings is 1. The van der Waals surface area contributed by atoms with E-state index in [0.29, 0.717) is 5.82 Å².